The Morgan fingerprint density at radius 1 is 1.10 bits per heavy atom. The second-order valence-corrected chi connectivity index (χ2v) is 6.61. The summed E-state index contributed by atoms with van der Waals surface area (Å²) in [5.74, 6) is -1.41. The van der Waals surface area contributed by atoms with Crippen LogP contribution in [0.5, 0.6) is 0 Å². The Morgan fingerprint density at radius 2 is 1.90 bits per heavy atom. The second-order valence-electron chi connectivity index (χ2n) is 6.61. The summed E-state index contributed by atoms with van der Waals surface area (Å²) in [6.07, 6.45) is 7.06. The van der Waals surface area contributed by atoms with Crippen molar-refractivity contribution in [3.8, 4) is 5.69 Å². The molecule has 0 aliphatic heterocycles. The predicted molar refractivity (Wildman–Crippen MR) is 110 cm³/mol. The first-order chi connectivity index (χ1) is 14.1. The van der Waals surface area contributed by atoms with Crippen LogP contribution in [-0.4, -0.2) is 38.1 Å². The van der Waals surface area contributed by atoms with Crippen LogP contribution >= 0.6 is 0 Å². The molecule has 0 aliphatic rings. The van der Waals surface area contributed by atoms with Gasteiger partial charge in [0, 0.05) is 35.5 Å². The number of nitrogens with one attached hydrogen (secondary N) is 3. The topological polar surface area (TPSA) is 105 Å². The van der Waals surface area contributed by atoms with E-state index in [2.05, 4.69) is 25.7 Å². The highest BCUT2D eigenvalue weighted by atomic mass is 16.2. The highest BCUT2D eigenvalue weighted by Crippen LogP contribution is 2.21. The third-order valence-electron chi connectivity index (χ3n) is 4.66. The third-order valence-corrected chi connectivity index (χ3v) is 4.66. The summed E-state index contributed by atoms with van der Waals surface area (Å²) in [5.41, 5.74) is 4.51. The number of anilines is 1. The summed E-state index contributed by atoms with van der Waals surface area (Å²) in [7, 11) is 0. The number of aryl methyl sites for hydroxylation is 1. The maximum atomic E-state index is 12.2. The van der Waals surface area contributed by atoms with Gasteiger partial charge in [0.15, 0.2) is 0 Å². The average molecular weight is 388 g/mol. The minimum Gasteiger partial charge on any atom is -0.358 e. The highest BCUT2D eigenvalue weighted by molar-refractivity contribution is 6.39. The largest absolute Gasteiger partial charge is 0.358 e. The van der Waals surface area contributed by atoms with Gasteiger partial charge in [-0.3, -0.25) is 14.6 Å². The van der Waals surface area contributed by atoms with Crippen molar-refractivity contribution in [2.75, 3.05) is 11.9 Å². The lowest BCUT2D eigenvalue weighted by atomic mass is 10.1. The number of rotatable bonds is 5. The first-order valence-electron chi connectivity index (χ1n) is 9.22. The fourth-order valence-corrected chi connectivity index (χ4v) is 3.25. The number of nitrogens with zero attached hydrogens (tertiary/aromatic N) is 3. The summed E-state index contributed by atoms with van der Waals surface area (Å²) < 4.78 is 1.59. The Balaban J connectivity index is 1.33. The van der Waals surface area contributed by atoms with E-state index >= 15 is 0 Å². The van der Waals surface area contributed by atoms with Crippen LogP contribution in [0.25, 0.3) is 16.6 Å². The van der Waals surface area contributed by atoms with E-state index in [4.69, 9.17) is 0 Å². The molecule has 0 unspecified atom stereocenters. The van der Waals surface area contributed by atoms with Crippen LogP contribution in [0.4, 0.5) is 5.69 Å². The van der Waals surface area contributed by atoms with Gasteiger partial charge in [-0.05, 0) is 37.1 Å². The van der Waals surface area contributed by atoms with Gasteiger partial charge in [-0.1, -0.05) is 18.2 Å². The number of carbonyl (C=O) groups excluding carboxylic acids is 2. The molecule has 0 saturated heterocycles. The molecule has 0 fully saturated rings. The number of aromatic amines is 1. The first kappa shape index (κ1) is 18.4. The van der Waals surface area contributed by atoms with Gasteiger partial charge in [-0.2, -0.15) is 5.10 Å². The average Bonchev–Trinajstić information content (AvgIpc) is 3.33. The Kier molecular flexibility index (Phi) is 5.07. The van der Waals surface area contributed by atoms with Crippen molar-refractivity contribution in [1.82, 2.24) is 25.1 Å². The molecule has 0 atom stereocenters. The third kappa shape index (κ3) is 4.01. The molecule has 4 rings (SSSR count). The number of fused-ring (bicyclic) bond motifs is 1. The second kappa shape index (κ2) is 7.97. The van der Waals surface area contributed by atoms with E-state index in [1.54, 1.807) is 35.4 Å². The van der Waals surface area contributed by atoms with Gasteiger partial charge >= 0.3 is 11.8 Å². The van der Waals surface area contributed by atoms with Crippen LogP contribution in [0, 0.1) is 6.92 Å². The smallest absolute Gasteiger partial charge is 0.313 e. The Hall–Kier alpha value is -3.94. The summed E-state index contributed by atoms with van der Waals surface area (Å²) in [5, 5.41) is 10.5. The molecule has 0 bridgehead atoms. The number of H-pyrrole nitrogens is 1. The molecule has 1 aromatic carbocycles. The number of aromatic nitrogens is 4. The fraction of sp³-hybridized carbons (Fsp3) is 0.143. The van der Waals surface area contributed by atoms with E-state index in [0.29, 0.717) is 18.7 Å². The molecule has 0 spiro atoms. The van der Waals surface area contributed by atoms with E-state index < -0.39 is 11.8 Å². The van der Waals surface area contributed by atoms with Gasteiger partial charge in [0.25, 0.3) is 0 Å². The molecule has 0 saturated carbocycles. The zero-order valence-corrected chi connectivity index (χ0v) is 15.8. The van der Waals surface area contributed by atoms with Gasteiger partial charge in [-0.15, -0.1) is 0 Å². The van der Waals surface area contributed by atoms with Crippen molar-refractivity contribution in [2.45, 2.75) is 13.3 Å². The zero-order chi connectivity index (χ0) is 20.2. The molecule has 8 nitrogen and oxygen atoms in total. The summed E-state index contributed by atoms with van der Waals surface area (Å²) in [4.78, 5) is 31.6. The molecule has 3 N–H and O–H groups in total. The van der Waals surface area contributed by atoms with Gasteiger partial charge in [0.2, 0.25) is 0 Å². The van der Waals surface area contributed by atoms with E-state index in [-0.39, 0.29) is 0 Å². The molecular weight excluding hydrogens is 368 g/mol. The lowest BCUT2D eigenvalue weighted by Gasteiger charge is -2.06. The van der Waals surface area contributed by atoms with Gasteiger partial charge < -0.3 is 15.6 Å². The Bertz CT molecular complexity index is 1160. The fourth-order valence-electron chi connectivity index (χ4n) is 3.25. The molecule has 2 amide bonds. The predicted octanol–water partition coefficient (Wildman–Crippen LogP) is 2.35. The van der Waals surface area contributed by atoms with E-state index in [1.165, 1.54) is 6.20 Å². The zero-order valence-electron chi connectivity index (χ0n) is 15.8. The van der Waals surface area contributed by atoms with Crippen molar-refractivity contribution in [3.05, 3.63) is 72.4 Å². The molecular formula is C21H20N6O2. The summed E-state index contributed by atoms with van der Waals surface area (Å²) in [6.45, 7) is 2.37. The van der Waals surface area contributed by atoms with Crippen LogP contribution < -0.4 is 10.6 Å². The van der Waals surface area contributed by atoms with Crippen molar-refractivity contribution < 1.29 is 9.59 Å². The maximum Gasteiger partial charge on any atom is 0.313 e. The maximum absolute atomic E-state index is 12.2. The van der Waals surface area contributed by atoms with E-state index in [9.17, 15) is 9.59 Å². The molecule has 8 heteroatoms. The lowest BCUT2D eigenvalue weighted by molar-refractivity contribution is -0.136. The first-order valence-corrected chi connectivity index (χ1v) is 9.22. The molecule has 4 aromatic rings. The number of carbonyl (C=O) groups is 2. The standard InChI is InChI=1S/C21H20N6O2/c1-14-17(18-4-2-3-5-19(18)25-14)8-11-23-20(28)21(29)26-15-12-24-27(13-15)16-6-9-22-10-7-16/h2-7,9-10,12-13,25H,8,11H2,1H3,(H,23,28)(H,26,29). The number of pyridine rings is 1. The SMILES string of the molecule is Cc1[nH]c2ccccc2c1CCNC(=O)C(=O)Nc1cnn(-c2ccncc2)c1. The number of para-hydroxylation sites is 1. The monoisotopic (exact) mass is 388 g/mol. The molecule has 3 heterocycles. The van der Waals surface area contributed by atoms with Gasteiger partial charge in [0.05, 0.1) is 23.8 Å². The normalized spacial score (nSPS) is 10.8. The van der Waals surface area contributed by atoms with Crippen molar-refractivity contribution in [3.63, 3.8) is 0 Å². The molecule has 0 radical (unpaired) electrons. The minimum atomic E-state index is -0.727. The van der Waals surface area contributed by atoms with Crippen LogP contribution in [0.15, 0.2) is 61.2 Å². The van der Waals surface area contributed by atoms with Crippen LogP contribution in [-0.2, 0) is 16.0 Å². The number of amides is 2. The summed E-state index contributed by atoms with van der Waals surface area (Å²) >= 11 is 0. The molecule has 146 valence electrons. The minimum absolute atomic E-state index is 0.366. The van der Waals surface area contributed by atoms with Crippen molar-refractivity contribution in [2.24, 2.45) is 0 Å². The Morgan fingerprint density at radius 3 is 2.72 bits per heavy atom. The molecule has 3 aromatic heterocycles. The molecule has 0 aliphatic carbocycles. The highest BCUT2D eigenvalue weighted by Gasteiger charge is 2.15. The lowest BCUT2D eigenvalue weighted by Crippen LogP contribution is -2.36. The van der Waals surface area contributed by atoms with Crippen molar-refractivity contribution >= 4 is 28.4 Å². The van der Waals surface area contributed by atoms with Crippen LogP contribution in [0.2, 0.25) is 0 Å². The van der Waals surface area contributed by atoms with Crippen LogP contribution in [0.1, 0.15) is 11.3 Å². The number of benzene rings is 1. The van der Waals surface area contributed by atoms with Crippen molar-refractivity contribution in [1.29, 1.82) is 0 Å². The summed E-state index contributed by atoms with van der Waals surface area (Å²) in [6, 6.07) is 11.6. The number of hydrogen-bond acceptors (Lipinski definition) is 4. The van der Waals surface area contributed by atoms with Gasteiger partial charge in [-0.25, -0.2) is 4.68 Å². The van der Waals surface area contributed by atoms with E-state index in [0.717, 1.165) is 27.8 Å². The quantitative estimate of drug-likeness (QED) is 0.457. The Labute approximate surface area is 167 Å². The molecule has 29 heavy (non-hydrogen) atoms. The van der Waals surface area contributed by atoms with Crippen LogP contribution in [0.3, 0.4) is 0 Å². The number of hydrogen-bond donors (Lipinski definition) is 3. The van der Waals surface area contributed by atoms with E-state index in [1.807, 2.05) is 31.2 Å². The van der Waals surface area contributed by atoms with Gasteiger partial charge in [0.1, 0.15) is 0 Å².